The number of alkyl halides is 1. The molecule has 0 unspecified atom stereocenters. The van der Waals surface area contributed by atoms with E-state index in [0.29, 0.717) is 34.0 Å². The molecule has 0 aliphatic carbocycles. The second-order valence-corrected chi connectivity index (χ2v) is 8.76. The second kappa shape index (κ2) is 10.7. The van der Waals surface area contributed by atoms with Crippen LogP contribution in [0.4, 0.5) is 0 Å². The Hall–Kier alpha value is -1.17. The van der Waals surface area contributed by atoms with E-state index in [2.05, 4.69) is 13.8 Å². The Labute approximate surface area is 187 Å². The van der Waals surface area contributed by atoms with Crippen LogP contribution in [-0.4, -0.2) is 42.0 Å². The first-order valence-electron chi connectivity index (χ1n) is 9.39. The summed E-state index contributed by atoms with van der Waals surface area (Å²) >= 11 is 18.6. The van der Waals surface area contributed by atoms with E-state index in [-0.39, 0.29) is 24.5 Å². The summed E-state index contributed by atoms with van der Waals surface area (Å²) in [5.41, 5.74) is 1.64. The molecule has 0 bridgehead atoms. The molecule has 2 N–H and O–H groups in total. The fourth-order valence-corrected chi connectivity index (χ4v) is 3.25. The van der Waals surface area contributed by atoms with Crippen molar-refractivity contribution >= 4 is 34.8 Å². The lowest BCUT2D eigenvalue weighted by Gasteiger charge is -2.27. The summed E-state index contributed by atoms with van der Waals surface area (Å²) in [6, 6.07) is 11.3. The van der Waals surface area contributed by atoms with Crippen molar-refractivity contribution in [3.63, 3.8) is 0 Å². The van der Waals surface area contributed by atoms with Crippen LogP contribution in [0.15, 0.2) is 36.4 Å². The van der Waals surface area contributed by atoms with Crippen LogP contribution in [-0.2, 0) is 5.41 Å². The lowest BCUT2D eigenvalue weighted by Crippen LogP contribution is -2.22. The molecule has 0 heterocycles. The predicted molar refractivity (Wildman–Crippen MR) is 119 cm³/mol. The van der Waals surface area contributed by atoms with Gasteiger partial charge in [0.1, 0.15) is 24.2 Å². The standard InChI is InChI=1S/C22H27Cl3O4/c1-14(10-23)12-28-20-6-4-15(8-18(20)24)22(2,3)16-5-7-21(19(25)9-16)29-13-17(27)11-26/h4-9,14,17,26-27H,10-13H2,1-3H3/t14-,17-/m0/s1. The molecular weight excluding hydrogens is 435 g/mol. The van der Waals surface area contributed by atoms with E-state index in [1.165, 1.54) is 0 Å². The molecule has 160 valence electrons. The third-order valence-electron chi connectivity index (χ3n) is 4.74. The van der Waals surface area contributed by atoms with Crippen LogP contribution in [0, 0.1) is 5.92 Å². The molecule has 4 nitrogen and oxygen atoms in total. The van der Waals surface area contributed by atoms with Crippen LogP contribution in [0.25, 0.3) is 0 Å². The Morgan fingerprint density at radius 1 is 0.931 bits per heavy atom. The summed E-state index contributed by atoms with van der Waals surface area (Å²) in [6.07, 6.45) is -0.947. The van der Waals surface area contributed by atoms with E-state index < -0.39 is 6.10 Å². The van der Waals surface area contributed by atoms with E-state index in [1.54, 1.807) is 6.07 Å². The average molecular weight is 462 g/mol. The van der Waals surface area contributed by atoms with Crippen LogP contribution in [0.1, 0.15) is 31.9 Å². The fraction of sp³-hybridized carbons (Fsp3) is 0.455. The maximum absolute atomic E-state index is 9.43. The summed E-state index contributed by atoms with van der Waals surface area (Å²) in [5.74, 6) is 1.86. The van der Waals surface area contributed by atoms with Crippen LogP contribution < -0.4 is 9.47 Å². The molecule has 2 aromatic rings. The van der Waals surface area contributed by atoms with Crippen molar-refractivity contribution in [2.45, 2.75) is 32.3 Å². The number of halogens is 3. The summed E-state index contributed by atoms with van der Waals surface area (Å²) < 4.78 is 11.2. The first-order valence-corrected chi connectivity index (χ1v) is 10.7. The minimum atomic E-state index is -0.947. The fourth-order valence-electron chi connectivity index (χ4n) is 2.70. The van der Waals surface area contributed by atoms with Gasteiger partial charge >= 0.3 is 0 Å². The van der Waals surface area contributed by atoms with Gasteiger partial charge in [0, 0.05) is 17.2 Å². The van der Waals surface area contributed by atoms with Gasteiger partial charge in [-0.15, -0.1) is 11.6 Å². The highest BCUT2D eigenvalue weighted by Gasteiger charge is 2.25. The van der Waals surface area contributed by atoms with E-state index in [9.17, 15) is 5.11 Å². The molecule has 0 fully saturated rings. The van der Waals surface area contributed by atoms with Gasteiger partial charge in [-0.3, -0.25) is 0 Å². The highest BCUT2D eigenvalue weighted by Crippen LogP contribution is 2.38. The molecule has 2 atom stereocenters. The molecule has 0 aliphatic rings. The SMILES string of the molecule is C[C@@H](CCl)COc1ccc(C(C)(C)c2ccc(OC[C@@H](O)CO)c(Cl)c2)cc1Cl. The van der Waals surface area contributed by atoms with Crippen molar-refractivity contribution in [3.05, 3.63) is 57.6 Å². The molecule has 0 amide bonds. The number of hydrogen-bond acceptors (Lipinski definition) is 4. The molecule has 0 spiro atoms. The minimum absolute atomic E-state index is 0.0294. The van der Waals surface area contributed by atoms with Crippen molar-refractivity contribution in [2.24, 2.45) is 5.92 Å². The highest BCUT2D eigenvalue weighted by atomic mass is 35.5. The molecule has 0 aromatic heterocycles. The number of rotatable bonds is 10. The number of aliphatic hydroxyl groups excluding tert-OH is 2. The van der Waals surface area contributed by atoms with Gasteiger partial charge in [0.25, 0.3) is 0 Å². The number of aliphatic hydroxyl groups is 2. The summed E-state index contributed by atoms with van der Waals surface area (Å²) in [5, 5.41) is 19.3. The van der Waals surface area contributed by atoms with Gasteiger partial charge in [-0.2, -0.15) is 0 Å². The average Bonchev–Trinajstić information content (AvgIpc) is 2.71. The lowest BCUT2D eigenvalue weighted by atomic mass is 9.78. The second-order valence-electron chi connectivity index (χ2n) is 7.63. The normalized spacial score (nSPS) is 13.8. The number of ether oxygens (including phenoxy) is 2. The molecule has 2 aromatic carbocycles. The smallest absolute Gasteiger partial charge is 0.138 e. The molecule has 2 rings (SSSR count). The molecule has 7 heteroatoms. The predicted octanol–water partition coefficient (Wildman–Crippen LogP) is 5.31. The quantitative estimate of drug-likeness (QED) is 0.471. The summed E-state index contributed by atoms with van der Waals surface area (Å²) in [4.78, 5) is 0. The lowest BCUT2D eigenvalue weighted by molar-refractivity contribution is 0.0536. The van der Waals surface area contributed by atoms with Gasteiger partial charge < -0.3 is 19.7 Å². The van der Waals surface area contributed by atoms with Crippen molar-refractivity contribution in [1.29, 1.82) is 0 Å². The Bertz CT molecular complexity index is 745. The van der Waals surface area contributed by atoms with Gasteiger partial charge in [-0.05, 0) is 35.4 Å². The Kier molecular flexibility index (Phi) is 8.92. The monoisotopic (exact) mass is 460 g/mol. The van der Waals surface area contributed by atoms with Crippen molar-refractivity contribution in [2.75, 3.05) is 25.7 Å². The van der Waals surface area contributed by atoms with Crippen molar-refractivity contribution < 1.29 is 19.7 Å². The number of hydrogen-bond donors (Lipinski definition) is 2. The van der Waals surface area contributed by atoms with Crippen LogP contribution in [0.3, 0.4) is 0 Å². The topological polar surface area (TPSA) is 58.9 Å². The third kappa shape index (κ3) is 6.40. The van der Waals surface area contributed by atoms with Crippen LogP contribution in [0.5, 0.6) is 11.5 Å². The number of benzene rings is 2. The molecule has 0 aliphatic heterocycles. The molecule has 0 radical (unpaired) electrons. The Balaban J connectivity index is 2.19. The van der Waals surface area contributed by atoms with E-state index >= 15 is 0 Å². The first kappa shape index (κ1) is 24.1. The van der Waals surface area contributed by atoms with Crippen molar-refractivity contribution in [3.8, 4) is 11.5 Å². The zero-order chi connectivity index (χ0) is 21.6. The largest absolute Gasteiger partial charge is 0.492 e. The first-order chi connectivity index (χ1) is 13.7. The minimum Gasteiger partial charge on any atom is -0.492 e. The van der Waals surface area contributed by atoms with E-state index in [0.717, 1.165) is 11.1 Å². The highest BCUT2D eigenvalue weighted by molar-refractivity contribution is 6.32. The van der Waals surface area contributed by atoms with Gasteiger partial charge in [-0.1, -0.05) is 56.1 Å². The summed E-state index contributed by atoms with van der Waals surface area (Å²) in [7, 11) is 0. The molecule has 0 saturated carbocycles. The third-order valence-corrected chi connectivity index (χ3v) is 5.85. The Morgan fingerprint density at radius 2 is 1.41 bits per heavy atom. The molecule has 0 saturated heterocycles. The van der Waals surface area contributed by atoms with Gasteiger partial charge in [-0.25, -0.2) is 0 Å². The Morgan fingerprint density at radius 3 is 1.83 bits per heavy atom. The summed E-state index contributed by atoms with van der Waals surface area (Å²) in [6.45, 7) is 6.29. The van der Waals surface area contributed by atoms with Crippen LogP contribution in [0.2, 0.25) is 10.0 Å². The maximum atomic E-state index is 9.43. The van der Waals surface area contributed by atoms with Gasteiger partial charge in [0.2, 0.25) is 0 Å². The molecular formula is C22H27Cl3O4. The maximum Gasteiger partial charge on any atom is 0.138 e. The van der Waals surface area contributed by atoms with Gasteiger partial charge in [0.05, 0.1) is 23.3 Å². The van der Waals surface area contributed by atoms with E-state index in [4.69, 9.17) is 49.4 Å². The van der Waals surface area contributed by atoms with Gasteiger partial charge in [0.15, 0.2) is 0 Å². The molecule has 29 heavy (non-hydrogen) atoms. The zero-order valence-corrected chi connectivity index (χ0v) is 19.1. The van der Waals surface area contributed by atoms with Crippen molar-refractivity contribution in [1.82, 2.24) is 0 Å². The zero-order valence-electron chi connectivity index (χ0n) is 16.8. The van der Waals surface area contributed by atoms with E-state index in [1.807, 2.05) is 37.3 Å². The van der Waals surface area contributed by atoms with Crippen LogP contribution >= 0.6 is 34.8 Å².